The number of carbonyl (C=O) groups is 1. The minimum atomic E-state index is -4.54. The van der Waals surface area contributed by atoms with Crippen LogP contribution in [0.3, 0.4) is 0 Å². The van der Waals surface area contributed by atoms with Crippen LogP contribution in [-0.2, 0) is 12.7 Å². The van der Waals surface area contributed by atoms with E-state index in [1.54, 1.807) is 12.3 Å². The van der Waals surface area contributed by atoms with Crippen molar-refractivity contribution in [1.82, 2.24) is 9.55 Å². The first kappa shape index (κ1) is 23.9. The lowest BCUT2D eigenvalue weighted by Gasteiger charge is -2.15. The van der Waals surface area contributed by atoms with E-state index in [2.05, 4.69) is 42.8 Å². The first-order chi connectivity index (χ1) is 16.2. The highest BCUT2D eigenvalue weighted by molar-refractivity contribution is 14.1. The van der Waals surface area contributed by atoms with E-state index in [0.717, 1.165) is 37.9 Å². The molecular formula is C24H20F3IN4O2. The number of aromatic nitrogens is 2. The van der Waals surface area contributed by atoms with Gasteiger partial charge in [0.05, 0.1) is 29.6 Å². The highest BCUT2D eigenvalue weighted by Gasteiger charge is 2.31. The third kappa shape index (κ3) is 5.11. The van der Waals surface area contributed by atoms with Gasteiger partial charge >= 0.3 is 12.2 Å². The molecule has 176 valence electrons. The number of carbonyl (C=O) groups excluding carboxylic acids is 1. The second kappa shape index (κ2) is 9.53. The molecule has 2 aromatic heterocycles. The van der Waals surface area contributed by atoms with Gasteiger partial charge in [-0.3, -0.25) is 4.98 Å². The third-order valence-corrected chi connectivity index (χ3v) is 5.88. The van der Waals surface area contributed by atoms with Crippen molar-refractivity contribution in [3.8, 4) is 5.75 Å². The molecule has 0 saturated carbocycles. The number of pyridine rings is 1. The highest BCUT2D eigenvalue weighted by atomic mass is 127. The Morgan fingerprint density at radius 1 is 1.09 bits per heavy atom. The number of urea groups is 1. The normalized spacial score (nSPS) is 11.5. The zero-order chi connectivity index (χ0) is 24.5. The molecule has 2 amide bonds. The molecule has 2 N–H and O–H groups in total. The van der Waals surface area contributed by atoms with Crippen molar-refractivity contribution in [2.75, 3.05) is 17.7 Å². The van der Waals surface area contributed by atoms with Gasteiger partial charge in [-0.15, -0.1) is 0 Å². The Bertz CT molecular complexity index is 1370. The van der Waals surface area contributed by atoms with Gasteiger partial charge in [0.15, 0.2) is 0 Å². The fourth-order valence-corrected chi connectivity index (χ4v) is 4.30. The molecule has 0 unspecified atom stereocenters. The van der Waals surface area contributed by atoms with Crippen molar-refractivity contribution >= 4 is 50.9 Å². The lowest BCUT2D eigenvalue weighted by Crippen LogP contribution is -2.20. The van der Waals surface area contributed by atoms with Crippen LogP contribution in [0, 0.1) is 10.6 Å². The number of halogens is 4. The van der Waals surface area contributed by atoms with Crippen molar-refractivity contribution in [2.45, 2.75) is 19.6 Å². The topological polar surface area (TPSA) is 68.2 Å². The van der Waals surface area contributed by atoms with Crippen LogP contribution >= 0.6 is 22.6 Å². The molecule has 4 aromatic rings. The quantitative estimate of drug-likeness (QED) is 0.205. The summed E-state index contributed by atoms with van der Waals surface area (Å²) in [6.07, 6.45) is -0.850. The molecule has 2 heterocycles. The molecule has 34 heavy (non-hydrogen) atoms. The summed E-state index contributed by atoms with van der Waals surface area (Å²) in [6.45, 7) is 2.60. The summed E-state index contributed by atoms with van der Waals surface area (Å²) in [6, 6.07) is 11.7. The standard InChI is InChI=1S/C24H20F3IN4O2/c1-14-3-5-18(17-8-10-32(22(14)17)13-15-7-9-29-21(28)11-15)30-23(33)31-19-12-16(24(25,26)27)4-6-20(19)34-2/h3-12H,13H2,1-2H3,(H2,30,31,33). The number of amides is 2. The first-order valence-corrected chi connectivity index (χ1v) is 11.3. The van der Waals surface area contributed by atoms with Crippen molar-refractivity contribution in [2.24, 2.45) is 0 Å². The van der Waals surface area contributed by atoms with E-state index in [0.29, 0.717) is 12.2 Å². The Morgan fingerprint density at radius 2 is 1.85 bits per heavy atom. The van der Waals surface area contributed by atoms with Gasteiger partial charge in [-0.2, -0.15) is 13.2 Å². The van der Waals surface area contributed by atoms with Gasteiger partial charge in [0.25, 0.3) is 0 Å². The second-order valence-electron chi connectivity index (χ2n) is 7.61. The minimum Gasteiger partial charge on any atom is -0.495 e. The SMILES string of the molecule is COc1ccc(C(F)(F)F)cc1NC(=O)Nc1ccc(C)c2c1ccn2Cc1ccnc(I)c1. The van der Waals surface area contributed by atoms with Crippen LogP contribution in [-0.4, -0.2) is 22.7 Å². The van der Waals surface area contributed by atoms with Crippen LogP contribution in [0.15, 0.2) is 60.9 Å². The van der Waals surface area contributed by atoms with Crippen molar-refractivity contribution < 1.29 is 22.7 Å². The van der Waals surface area contributed by atoms with Crippen molar-refractivity contribution in [1.29, 1.82) is 0 Å². The maximum absolute atomic E-state index is 13.1. The zero-order valence-corrected chi connectivity index (χ0v) is 20.4. The Labute approximate surface area is 207 Å². The molecule has 6 nitrogen and oxygen atoms in total. The second-order valence-corrected chi connectivity index (χ2v) is 8.72. The first-order valence-electron chi connectivity index (χ1n) is 10.2. The maximum Gasteiger partial charge on any atom is 0.416 e. The third-order valence-electron chi connectivity index (χ3n) is 5.29. The van der Waals surface area contributed by atoms with E-state index in [4.69, 9.17) is 4.74 Å². The number of hydrogen-bond acceptors (Lipinski definition) is 3. The van der Waals surface area contributed by atoms with Gasteiger partial charge in [-0.1, -0.05) is 6.07 Å². The molecule has 0 saturated heterocycles. The number of ether oxygens (including phenoxy) is 1. The Hall–Kier alpha value is -3.28. The molecule has 0 aliphatic rings. The number of benzene rings is 2. The molecular weight excluding hydrogens is 560 g/mol. The smallest absolute Gasteiger partial charge is 0.416 e. The molecule has 0 radical (unpaired) electrons. The molecule has 2 aromatic carbocycles. The molecule has 0 fully saturated rings. The minimum absolute atomic E-state index is 0.0805. The van der Waals surface area contributed by atoms with Crippen molar-refractivity contribution in [3.63, 3.8) is 0 Å². The number of fused-ring (bicyclic) bond motifs is 1. The van der Waals surface area contributed by atoms with Gasteiger partial charge < -0.3 is 19.9 Å². The van der Waals surface area contributed by atoms with E-state index >= 15 is 0 Å². The summed E-state index contributed by atoms with van der Waals surface area (Å²) in [5.74, 6) is 0.121. The maximum atomic E-state index is 13.1. The fraction of sp³-hybridized carbons (Fsp3) is 0.167. The summed E-state index contributed by atoms with van der Waals surface area (Å²) < 4.78 is 47.4. The lowest BCUT2D eigenvalue weighted by atomic mass is 10.1. The van der Waals surface area contributed by atoms with Crippen molar-refractivity contribution in [3.05, 3.63) is 81.3 Å². The van der Waals surface area contributed by atoms with Gasteiger partial charge in [0.2, 0.25) is 0 Å². The number of hydrogen-bond donors (Lipinski definition) is 2. The van der Waals surface area contributed by atoms with E-state index in [9.17, 15) is 18.0 Å². The Balaban J connectivity index is 1.60. The molecule has 0 bridgehead atoms. The van der Waals surface area contributed by atoms with Crippen LogP contribution in [0.25, 0.3) is 10.9 Å². The predicted octanol–water partition coefficient (Wildman–Crippen LogP) is 6.67. The van der Waals surface area contributed by atoms with E-state index in [1.807, 2.05) is 37.4 Å². The average Bonchev–Trinajstić information content (AvgIpc) is 3.20. The Morgan fingerprint density at radius 3 is 2.56 bits per heavy atom. The number of nitrogens with one attached hydrogen (secondary N) is 2. The molecule has 0 aliphatic carbocycles. The summed E-state index contributed by atoms with van der Waals surface area (Å²) in [5.41, 5.74) is 2.62. The monoisotopic (exact) mass is 580 g/mol. The molecule has 0 spiro atoms. The van der Waals surface area contributed by atoms with Gasteiger partial charge in [0, 0.05) is 24.3 Å². The number of alkyl halides is 3. The fourth-order valence-electron chi connectivity index (χ4n) is 3.74. The average molecular weight is 580 g/mol. The summed E-state index contributed by atoms with van der Waals surface area (Å²) in [7, 11) is 1.32. The highest BCUT2D eigenvalue weighted by Crippen LogP contribution is 2.35. The number of rotatable bonds is 5. The van der Waals surface area contributed by atoms with Crippen LogP contribution in [0.2, 0.25) is 0 Å². The van der Waals surface area contributed by atoms with Gasteiger partial charge in [0.1, 0.15) is 9.45 Å². The van der Waals surface area contributed by atoms with E-state index < -0.39 is 17.8 Å². The Kier molecular flexibility index (Phi) is 6.69. The van der Waals surface area contributed by atoms with E-state index in [1.165, 1.54) is 13.2 Å². The number of aryl methyl sites for hydroxylation is 1. The molecule has 4 rings (SSSR count). The van der Waals surface area contributed by atoms with E-state index in [-0.39, 0.29) is 11.4 Å². The molecule has 10 heteroatoms. The molecule has 0 aliphatic heterocycles. The largest absolute Gasteiger partial charge is 0.495 e. The zero-order valence-electron chi connectivity index (χ0n) is 18.2. The summed E-state index contributed by atoms with van der Waals surface area (Å²) >= 11 is 2.16. The summed E-state index contributed by atoms with van der Waals surface area (Å²) in [5, 5.41) is 6.02. The lowest BCUT2D eigenvalue weighted by molar-refractivity contribution is -0.137. The van der Waals surface area contributed by atoms with Gasteiger partial charge in [-0.25, -0.2) is 4.79 Å². The number of methoxy groups -OCH3 is 1. The van der Waals surface area contributed by atoms with Gasteiger partial charge in [-0.05, 0) is 83.1 Å². The molecule has 0 atom stereocenters. The van der Waals surface area contributed by atoms with Crippen LogP contribution < -0.4 is 15.4 Å². The summed E-state index contributed by atoms with van der Waals surface area (Å²) in [4.78, 5) is 16.9. The predicted molar refractivity (Wildman–Crippen MR) is 133 cm³/mol. The van der Waals surface area contributed by atoms with Crippen LogP contribution in [0.5, 0.6) is 5.75 Å². The van der Waals surface area contributed by atoms with Crippen LogP contribution in [0.1, 0.15) is 16.7 Å². The van der Waals surface area contributed by atoms with Crippen LogP contribution in [0.4, 0.5) is 29.3 Å². The number of nitrogens with zero attached hydrogens (tertiary/aromatic N) is 2. The number of anilines is 2.